The van der Waals surface area contributed by atoms with Crippen molar-refractivity contribution >= 4 is 28.5 Å². The molecule has 0 aliphatic heterocycles. The van der Waals surface area contributed by atoms with Gasteiger partial charge < -0.3 is 14.6 Å². The number of amides is 2. The lowest BCUT2D eigenvalue weighted by molar-refractivity contribution is 0.190. The van der Waals surface area contributed by atoms with E-state index in [1.165, 1.54) is 0 Å². The van der Waals surface area contributed by atoms with E-state index in [2.05, 4.69) is 12.2 Å². The summed E-state index contributed by atoms with van der Waals surface area (Å²) in [5, 5.41) is 3.97. The van der Waals surface area contributed by atoms with E-state index in [1.807, 2.05) is 37.3 Å². The molecule has 182 valence electrons. The molecule has 1 N–H and O–H groups in total. The number of fused-ring (bicyclic) bond motifs is 1. The smallest absolute Gasteiger partial charge is 0.317 e. The Morgan fingerprint density at radius 1 is 1.17 bits per heavy atom. The fraction of sp³-hybridized carbons (Fsp3) is 0.296. The average Bonchev–Trinajstić information content (AvgIpc) is 3.36. The second kappa shape index (κ2) is 11.2. The van der Waals surface area contributed by atoms with Gasteiger partial charge in [0.1, 0.15) is 11.6 Å². The van der Waals surface area contributed by atoms with Crippen LogP contribution >= 0.6 is 11.6 Å². The molecular weight excluding hydrogens is 464 g/mol. The number of carbonyl (C=O) groups excluding carboxylic acids is 1. The molecule has 0 saturated heterocycles. The molecule has 0 aliphatic rings. The van der Waals surface area contributed by atoms with Gasteiger partial charge in [-0.1, -0.05) is 42.6 Å². The molecule has 2 heterocycles. The summed E-state index contributed by atoms with van der Waals surface area (Å²) in [4.78, 5) is 33.0. The van der Waals surface area contributed by atoms with Crippen molar-refractivity contribution in [3.63, 3.8) is 0 Å². The predicted molar refractivity (Wildman–Crippen MR) is 138 cm³/mol. The first kappa shape index (κ1) is 24.5. The number of hydrogen-bond acceptors (Lipinski definition) is 4. The van der Waals surface area contributed by atoms with Crippen LogP contribution in [0.4, 0.5) is 4.79 Å². The van der Waals surface area contributed by atoms with Gasteiger partial charge >= 0.3 is 6.03 Å². The fourth-order valence-electron chi connectivity index (χ4n) is 3.89. The Kier molecular flexibility index (Phi) is 7.87. The number of aryl methyl sites for hydroxylation is 1. The molecule has 0 spiro atoms. The third-order valence-corrected chi connectivity index (χ3v) is 6.05. The van der Waals surface area contributed by atoms with Crippen LogP contribution in [-0.2, 0) is 13.0 Å². The first-order valence-electron chi connectivity index (χ1n) is 11.8. The van der Waals surface area contributed by atoms with E-state index in [1.54, 1.807) is 40.0 Å². The fourth-order valence-corrected chi connectivity index (χ4v) is 4.06. The van der Waals surface area contributed by atoms with E-state index in [9.17, 15) is 9.59 Å². The number of hydrogen-bond donors (Lipinski definition) is 1. The van der Waals surface area contributed by atoms with Crippen LogP contribution < -0.4 is 10.9 Å². The molecule has 2 aromatic heterocycles. The predicted octanol–water partition coefficient (Wildman–Crippen LogP) is 5.49. The Morgan fingerprint density at radius 2 is 1.97 bits per heavy atom. The lowest BCUT2D eigenvalue weighted by Gasteiger charge is -2.23. The normalized spacial score (nSPS) is 11.1. The molecule has 7 nitrogen and oxygen atoms in total. The number of nitrogens with zero attached hydrogens (tertiary/aromatic N) is 3. The number of nitrogens with one attached hydrogen (secondary N) is 1. The van der Waals surface area contributed by atoms with Crippen LogP contribution in [0.2, 0.25) is 5.02 Å². The summed E-state index contributed by atoms with van der Waals surface area (Å²) in [6.45, 7) is 5.35. The van der Waals surface area contributed by atoms with Crippen LogP contribution in [0.5, 0.6) is 0 Å². The summed E-state index contributed by atoms with van der Waals surface area (Å²) < 4.78 is 7.10. The first-order chi connectivity index (χ1) is 17.0. The van der Waals surface area contributed by atoms with E-state index in [-0.39, 0.29) is 11.6 Å². The van der Waals surface area contributed by atoms with Gasteiger partial charge in [-0.05, 0) is 55.8 Å². The van der Waals surface area contributed by atoms with E-state index < -0.39 is 0 Å². The van der Waals surface area contributed by atoms with Crippen LogP contribution in [-0.4, -0.2) is 33.6 Å². The van der Waals surface area contributed by atoms with Gasteiger partial charge in [-0.15, -0.1) is 0 Å². The zero-order chi connectivity index (χ0) is 24.8. The number of unbranched alkanes of at least 4 members (excludes halogenated alkanes) is 1. The molecule has 0 fully saturated rings. The maximum absolute atomic E-state index is 13.5. The first-order valence-corrected chi connectivity index (χ1v) is 12.2. The van der Waals surface area contributed by atoms with Gasteiger partial charge in [-0.2, -0.15) is 0 Å². The number of carbonyl (C=O) groups is 1. The Hall–Kier alpha value is -3.58. The highest BCUT2D eigenvalue weighted by Gasteiger charge is 2.18. The highest BCUT2D eigenvalue weighted by Crippen LogP contribution is 2.19. The molecule has 4 rings (SSSR count). The maximum Gasteiger partial charge on any atom is 0.317 e. The molecule has 35 heavy (non-hydrogen) atoms. The molecule has 2 aromatic carbocycles. The summed E-state index contributed by atoms with van der Waals surface area (Å²) in [5.74, 6) is 1.24. The number of rotatable bonds is 9. The number of furan rings is 1. The van der Waals surface area contributed by atoms with Crippen LogP contribution in [0.1, 0.15) is 36.9 Å². The standard InChI is InChI=1S/C27H29ClN4O3/c1-3-4-14-29-27(34)31(18-22-6-5-16-35-22)15-13-25-30-24-17-20(28)9-12-23(24)26(33)32(25)21-10-7-19(2)8-11-21/h5-12,16-17H,3-4,13-15,18H2,1-2H3,(H,29,34). The Labute approximate surface area is 209 Å². The Morgan fingerprint density at radius 3 is 2.69 bits per heavy atom. The van der Waals surface area contributed by atoms with Crippen LogP contribution in [0, 0.1) is 6.92 Å². The van der Waals surface area contributed by atoms with Crippen molar-refractivity contribution in [2.75, 3.05) is 13.1 Å². The number of urea groups is 1. The second-order valence-corrected chi connectivity index (χ2v) is 8.94. The summed E-state index contributed by atoms with van der Waals surface area (Å²) in [6.07, 6.45) is 3.85. The van der Waals surface area contributed by atoms with Crippen molar-refractivity contribution in [2.45, 2.75) is 39.7 Å². The third-order valence-electron chi connectivity index (χ3n) is 5.82. The van der Waals surface area contributed by atoms with Crippen LogP contribution in [0.15, 0.2) is 70.1 Å². The monoisotopic (exact) mass is 492 g/mol. The summed E-state index contributed by atoms with van der Waals surface area (Å²) in [5.41, 5.74) is 2.18. The second-order valence-electron chi connectivity index (χ2n) is 8.50. The number of aromatic nitrogens is 2. The number of benzene rings is 2. The van der Waals surface area contributed by atoms with E-state index in [0.29, 0.717) is 53.6 Å². The minimum Gasteiger partial charge on any atom is -0.467 e. The van der Waals surface area contributed by atoms with Gasteiger partial charge in [0, 0.05) is 24.5 Å². The molecule has 0 bridgehead atoms. The quantitative estimate of drug-likeness (QED) is 0.313. The molecule has 0 radical (unpaired) electrons. The molecular formula is C27H29ClN4O3. The summed E-state index contributed by atoms with van der Waals surface area (Å²) >= 11 is 6.19. The minimum atomic E-state index is -0.178. The highest BCUT2D eigenvalue weighted by molar-refractivity contribution is 6.31. The van der Waals surface area contributed by atoms with Gasteiger partial charge in [0.25, 0.3) is 5.56 Å². The SMILES string of the molecule is CCCCNC(=O)N(CCc1nc2cc(Cl)ccc2c(=O)n1-c1ccc(C)cc1)Cc1ccco1. The van der Waals surface area contributed by atoms with Crippen molar-refractivity contribution in [2.24, 2.45) is 0 Å². The molecule has 8 heteroatoms. The Bertz CT molecular complexity index is 1350. The van der Waals surface area contributed by atoms with Crippen molar-refractivity contribution < 1.29 is 9.21 Å². The lowest BCUT2D eigenvalue weighted by atomic mass is 10.2. The molecule has 0 saturated carbocycles. The van der Waals surface area contributed by atoms with Crippen LogP contribution in [0.3, 0.4) is 0 Å². The van der Waals surface area contributed by atoms with Crippen molar-refractivity contribution in [1.82, 2.24) is 19.8 Å². The number of halogens is 1. The highest BCUT2D eigenvalue weighted by atomic mass is 35.5. The van der Waals surface area contributed by atoms with Crippen LogP contribution in [0.25, 0.3) is 16.6 Å². The Balaban J connectivity index is 1.69. The molecule has 2 amide bonds. The molecule has 0 atom stereocenters. The largest absolute Gasteiger partial charge is 0.467 e. The summed E-state index contributed by atoms with van der Waals surface area (Å²) in [7, 11) is 0. The van der Waals surface area contributed by atoms with Crippen molar-refractivity contribution in [3.8, 4) is 5.69 Å². The van der Waals surface area contributed by atoms with Gasteiger partial charge in [-0.3, -0.25) is 9.36 Å². The zero-order valence-electron chi connectivity index (χ0n) is 20.0. The van der Waals surface area contributed by atoms with Gasteiger partial charge in [0.2, 0.25) is 0 Å². The molecule has 0 unspecified atom stereocenters. The summed E-state index contributed by atoms with van der Waals surface area (Å²) in [6, 6.07) is 16.3. The topological polar surface area (TPSA) is 80.4 Å². The molecule has 0 aliphatic carbocycles. The minimum absolute atomic E-state index is 0.171. The van der Waals surface area contributed by atoms with Crippen molar-refractivity contribution in [3.05, 3.63) is 93.4 Å². The average molecular weight is 493 g/mol. The third kappa shape index (κ3) is 5.92. The van der Waals surface area contributed by atoms with E-state index in [4.69, 9.17) is 21.0 Å². The maximum atomic E-state index is 13.5. The molecule has 4 aromatic rings. The zero-order valence-corrected chi connectivity index (χ0v) is 20.7. The lowest BCUT2D eigenvalue weighted by Crippen LogP contribution is -2.41. The van der Waals surface area contributed by atoms with E-state index >= 15 is 0 Å². The van der Waals surface area contributed by atoms with Crippen molar-refractivity contribution in [1.29, 1.82) is 0 Å². The van der Waals surface area contributed by atoms with Gasteiger partial charge in [0.05, 0.1) is 29.4 Å². The van der Waals surface area contributed by atoms with Gasteiger partial charge in [-0.25, -0.2) is 9.78 Å². The van der Waals surface area contributed by atoms with Gasteiger partial charge in [0.15, 0.2) is 0 Å². The van der Waals surface area contributed by atoms with E-state index in [0.717, 1.165) is 24.1 Å².